The molecule has 0 spiro atoms. The number of ether oxygens (including phenoxy) is 1. The summed E-state index contributed by atoms with van der Waals surface area (Å²) in [5.74, 6) is 0.129. The third-order valence-corrected chi connectivity index (χ3v) is 3.73. The smallest absolute Gasteiger partial charge is 0.320 e. The number of carbonyl (C=O) groups is 1. The lowest BCUT2D eigenvalue weighted by Crippen LogP contribution is -2.40. The van der Waals surface area contributed by atoms with Crippen molar-refractivity contribution in [3.05, 3.63) is 27.7 Å². The lowest BCUT2D eigenvalue weighted by Gasteiger charge is -2.19. The molecule has 1 aromatic carbocycles. The summed E-state index contributed by atoms with van der Waals surface area (Å²) < 4.78 is 6.63. The number of carboxylic acids is 1. The fourth-order valence-corrected chi connectivity index (χ4v) is 2.86. The highest BCUT2D eigenvalue weighted by Gasteiger charge is 2.23. The van der Waals surface area contributed by atoms with Gasteiger partial charge in [0, 0.05) is 23.0 Å². The molecule has 5 heteroatoms. The van der Waals surface area contributed by atoms with Crippen LogP contribution in [0.1, 0.15) is 25.0 Å². The molecule has 1 aliphatic heterocycles. The fourth-order valence-electron chi connectivity index (χ4n) is 2.31. The molecule has 2 N–H and O–H groups in total. The van der Waals surface area contributed by atoms with E-state index in [1.165, 1.54) is 5.56 Å². The maximum Gasteiger partial charge on any atom is 0.320 e. The van der Waals surface area contributed by atoms with Crippen LogP contribution in [-0.4, -0.2) is 23.7 Å². The van der Waals surface area contributed by atoms with Crippen molar-refractivity contribution in [2.75, 3.05) is 6.61 Å². The Morgan fingerprint density at radius 2 is 2.26 bits per heavy atom. The van der Waals surface area contributed by atoms with Crippen LogP contribution in [0.3, 0.4) is 0 Å². The van der Waals surface area contributed by atoms with E-state index >= 15 is 0 Å². The van der Waals surface area contributed by atoms with Gasteiger partial charge in [0.05, 0.1) is 6.61 Å². The van der Waals surface area contributed by atoms with Crippen LogP contribution >= 0.6 is 15.9 Å². The summed E-state index contributed by atoms with van der Waals surface area (Å²) in [5, 5.41) is 12.3. The molecule has 1 heterocycles. The van der Waals surface area contributed by atoms with Crippen LogP contribution in [0.2, 0.25) is 0 Å². The molecule has 1 atom stereocenters. The van der Waals surface area contributed by atoms with Gasteiger partial charge in [-0.2, -0.15) is 0 Å². The number of hydrogen-bond acceptors (Lipinski definition) is 3. The molecule has 4 nitrogen and oxygen atoms in total. The molecule has 0 unspecified atom stereocenters. The molecule has 0 aliphatic carbocycles. The minimum absolute atomic E-state index is 0.0404. The van der Waals surface area contributed by atoms with Crippen LogP contribution in [0.15, 0.2) is 16.6 Å². The van der Waals surface area contributed by atoms with Gasteiger partial charge in [-0.1, -0.05) is 29.8 Å². The Morgan fingerprint density at radius 1 is 1.53 bits per heavy atom. The molecule has 0 aromatic heterocycles. The molecular weight excluding hydrogens is 310 g/mol. The molecule has 0 amide bonds. The molecule has 0 radical (unpaired) electrons. The SMILES string of the molecule is CC(C)[C@H](NCc1cc(Br)cc2c1OCC2)C(=O)O. The fraction of sp³-hybridized carbons (Fsp3) is 0.500. The summed E-state index contributed by atoms with van der Waals surface area (Å²) in [5.41, 5.74) is 2.19. The Bertz CT molecular complexity index is 488. The zero-order valence-corrected chi connectivity index (χ0v) is 12.7. The first-order chi connectivity index (χ1) is 8.99. The largest absolute Gasteiger partial charge is 0.493 e. The Morgan fingerprint density at radius 3 is 2.89 bits per heavy atom. The molecule has 0 saturated heterocycles. The van der Waals surface area contributed by atoms with Crippen molar-refractivity contribution in [1.29, 1.82) is 0 Å². The van der Waals surface area contributed by atoms with Crippen molar-refractivity contribution in [3.8, 4) is 5.75 Å². The highest BCUT2D eigenvalue weighted by molar-refractivity contribution is 9.10. The Balaban J connectivity index is 2.14. The quantitative estimate of drug-likeness (QED) is 0.872. The van der Waals surface area contributed by atoms with Crippen molar-refractivity contribution >= 4 is 21.9 Å². The highest BCUT2D eigenvalue weighted by atomic mass is 79.9. The second-order valence-electron chi connectivity index (χ2n) is 5.09. The summed E-state index contributed by atoms with van der Waals surface area (Å²) in [6.45, 7) is 4.99. The van der Waals surface area contributed by atoms with Gasteiger partial charge in [0.15, 0.2) is 0 Å². The van der Waals surface area contributed by atoms with E-state index in [1.807, 2.05) is 19.9 Å². The minimum Gasteiger partial charge on any atom is -0.493 e. The number of aliphatic carboxylic acids is 1. The summed E-state index contributed by atoms with van der Waals surface area (Å²) in [6, 6.07) is 3.50. The third-order valence-electron chi connectivity index (χ3n) is 3.27. The number of hydrogen-bond donors (Lipinski definition) is 2. The molecule has 2 rings (SSSR count). The minimum atomic E-state index is -0.817. The second-order valence-corrected chi connectivity index (χ2v) is 6.01. The number of halogens is 1. The molecule has 1 aliphatic rings. The topological polar surface area (TPSA) is 58.6 Å². The predicted octanol–water partition coefficient (Wildman–Crippen LogP) is 2.58. The Kier molecular flexibility index (Phi) is 4.47. The first-order valence-corrected chi connectivity index (χ1v) is 7.18. The number of nitrogens with one attached hydrogen (secondary N) is 1. The summed E-state index contributed by atoms with van der Waals surface area (Å²) >= 11 is 3.48. The van der Waals surface area contributed by atoms with E-state index < -0.39 is 12.0 Å². The predicted molar refractivity (Wildman–Crippen MR) is 76.4 cm³/mol. The van der Waals surface area contributed by atoms with Crippen molar-refractivity contribution < 1.29 is 14.6 Å². The summed E-state index contributed by atoms with van der Waals surface area (Å²) in [6.07, 6.45) is 0.911. The zero-order valence-electron chi connectivity index (χ0n) is 11.1. The maximum atomic E-state index is 11.2. The normalized spacial score (nSPS) is 15.2. The van der Waals surface area contributed by atoms with Crippen LogP contribution in [-0.2, 0) is 17.8 Å². The molecule has 0 bridgehead atoms. The van der Waals surface area contributed by atoms with Crippen LogP contribution < -0.4 is 10.1 Å². The monoisotopic (exact) mass is 327 g/mol. The first-order valence-electron chi connectivity index (χ1n) is 6.39. The van der Waals surface area contributed by atoms with Crippen LogP contribution in [0.5, 0.6) is 5.75 Å². The molecule has 0 fully saturated rings. The number of carboxylic acid groups (broad SMARTS) is 1. The van der Waals surface area contributed by atoms with Gasteiger partial charge in [0.2, 0.25) is 0 Å². The number of benzene rings is 1. The molecule has 19 heavy (non-hydrogen) atoms. The van der Waals surface area contributed by atoms with Gasteiger partial charge in [-0.25, -0.2) is 0 Å². The van der Waals surface area contributed by atoms with Gasteiger partial charge in [0.25, 0.3) is 0 Å². The van der Waals surface area contributed by atoms with Crippen molar-refractivity contribution in [2.24, 2.45) is 5.92 Å². The van der Waals surface area contributed by atoms with Gasteiger partial charge >= 0.3 is 5.97 Å². The third kappa shape index (κ3) is 3.28. The van der Waals surface area contributed by atoms with Gasteiger partial charge in [-0.15, -0.1) is 0 Å². The Hall–Kier alpha value is -1.07. The number of rotatable bonds is 5. The Labute approximate surface area is 121 Å². The highest BCUT2D eigenvalue weighted by Crippen LogP contribution is 2.33. The summed E-state index contributed by atoms with van der Waals surface area (Å²) in [7, 11) is 0. The zero-order chi connectivity index (χ0) is 14.0. The van der Waals surface area contributed by atoms with Gasteiger partial charge < -0.3 is 9.84 Å². The van der Waals surface area contributed by atoms with E-state index in [2.05, 4.69) is 27.3 Å². The van der Waals surface area contributed by atoms with E-state index in [4.69, 9.17) is 9.84 Å². The van der Waals surface area contributed by atoms with E-state index in [9.17, 15) is 4.79 Å². The van der Waals surface area contributed by atoms with Crippen LogP contribution in [0.4, 0.5) is 0 Å². The van der Waals surface area contributed by atoms with Gasteiger partial charge in [-0.05, 0) is 23.6 Å². The van der Waals surface area contributed by atoms with Gasteiger partial charge in [0.1, 0.15) is 11.8 Å². The second kappa shape index (κ2) is 5.92. The van der Waals surface area contributed by atoms with E-state index in [1.54, 1.807) is 0 Å². The molecule has 0 saturated carbocycles. The average molecular weight is 328 g/mol. The number of fused-ring (bicyclic) bond motifs is 1. The van der Waals surface area contributed by atoms with Crippen LogP contribution in [0.25, 0.3) is 0 Å². The molecule has 1 aromatic rings. The maximum absolute atomic E-state index is 11.2. The van der Waals surface area contributed by atoms with Crippen molar-refractivity contribution in [3.63, 3.8) is 0 Å². The van der Waals surface area contributed by atoms with Crippen molar-refractivity contribution in [1.82, 2.24) is 5.32 Å². The summed E-state index contributed by atoms with van der Waals surface area (Å²) in [4.78, 5) is 11.2. The standard InChI is InChI=1S/C14H18BrNO3/c1-8(2)12(14(17)18)16-7-10-6-11(15)5-9-3-4-19-13(9)10/h5-6,8,12,16H,3-4,7H2,1-2H3,(H,17,18)/t12-/m0/s1. The van der Waals surface area contributed by atoms with Crippen LogP contribution in [0, 0.1) is 5.92 Å². The molecular formula is C14H18BrNO3. The lowest BCUT2D eigenvalue weighted by atomic mass is 10.0. The van der Waals surface area contributed by atoms with Gasteiger partial charge in [-0.3, -0.25) is 10.1 Å². The van der Waals surface area contributed by atoms with E-state index in [0.29, 0.717) is 13.2 Å². The van der Waals surface area contributed by atoms with E-state index in [-0.39, 0.29) is 5.92 Å². The molecule has 104 valence electrons. The average Bonchev–Trinajstić information content (AvgIpc) is 2.75. The first kappa shape index (κ1) is 14.3. The lowest BCUT2D eigenvalue weighted by molar-refractivity contribution is -0.140. The van der Waals surface area contributed by atoms with E-state index in [0.717, 1.165) is 22.2 Å². The van der Waals surface area contributed by atoms with Crippen molar-refractivity contribution in [2.45, 2.75) is 32.9 Å².